The molecule has 15 heavy (non-hydrogen) atoms. The fourth-order valence-corrected chi connectivity index (χ4v) is 1.57. The van der Waals surface area contributed by atoms with Crippen LogP contribution in [-0.4, -0.2) is 5.11 Å². The van der Waals surface area contributed by atoms with Gasteiger partial charge in [0.25, 0.3) is 0 Å². The molecule has 1 aromatic carbocycles. The second-order valence-electron chi connectivity index (χ2n) is 3.59. The molecule has 1 atom stereocenters. The van der Waals surface area contributed by atoms with Crippen molar-refractivity contribution in [2.24, 2.45) is 5.73 Å². The van der Waals surface area contributed by atoms with Gasteiger partial charge in [-0.3, -0.25) is 0 Å². The second-order valence-corrected chi connectivity index (χ2v) is 4.00. The van der Waals surface area contributed by atoms with Crippen molar-refractivity contribution in [1.29, 1.82) is 0 Å². The topological polar surface area (TPSA) is 46.2 Å². The minimum absolute atomic E-state index is 0.0258. The first-order valence-electron chi connectivity index (χ1n) is 4.49. The normalized spacial score (nSPS) is 12.5. The molecule has 0 aliphatic heterocycles. The number of hydrogen-bond donors (Lipinski definition) is 2. The molecule has 0 spiro atoms. The summed E-state index contributed by atoms with van der Waals surface area (Å²) in [5, 5.41) is 9.57. The summed E-state index contributed by atoms with van der Waals surface area (Å²) < 4.78 is 13.0. The highest BCUT2D eigenvalue weighted by atomic mass is 35.5. The number of rotatable bonds is 3. The molecule has 0 aromatic heterocycles. The van der Waals surface area contributed by atoms with Gasteiger partial charge in [-0.1, -0.05) is 17.2 Å². The molecule has 1 rings (SSSR count). The van der Waals surface area contributed by atoms with Gasteiger partial charge in [0.2, 0.25) is 0 Å². The maximum Gasteiger partial charge on any atom is 0.139 e. The molecule has 0 radical (unpaired) electrons. The molecule has 0 fully saturated rings. The molecular weight excluding hydrogens is 217 g/mol. The first-order valence-corrected chi connectivity index (χ1v) is 4.87. The Morgan fingerprint density at radius 3 is 2.80 bits per heavy atom. The first kappa shape index (κ1) is 12.0. The van der Waals surface area contributed by atoms with Crippen molar-refractivity contribution in [2.45, 2.75) is 19.4 Å². The molecule has 82 valence electrons. The Morgan fingerprint density at radius 1 is 1.67 bits per heavy atom. The number of hydrogen-bond acceptors (Lipinski definition) is 2. The minimum Gasteiger partial charge on any atom is -0.506 e. The number of phenols is 1. The first-order chi connectivity index (χ1) is 6.91. The largest absolute Gasteiger partial charge is 0.506 e. The van der Waals surface area contributed by atoms with E-state index in [4.69, 9.17) is 17.3 Å². The molecule has 0 saturated carbocycles. The maximum absolute atomic E-state index is 13.0. The Morgan fingerprint density at radius 2 is 2.27 bits per heavy atom. The number of halogens is 2. The van der Waals surface area contributed by atoms with Crippen molar-refractivity contribution in [3.8, 4) is 5.75 Å². The van der Waals surface area contributed by atoms with Crippen LogP contribution in [0.25, 0.3) is 0 Å². The Bertz CT molecular complexity index is 392. The smallest absolute Gasteiger partial charge is 0.139 e. The molecule has 0 saturated heterocycles. The quantitative estimate of drug-likeness (QED) is 0.783. The summed E-state index contributed by atoms with van der Waals surface area (Å²) in [5.74, 6) is -0.670. The van der Waals surface area contributed by atoms with E-state index in [1.807, 2.05) is 6.92 Å². The van der Waals surface area contributed by atoms with Crippen LogP contribution >= 0.6 is 11.6 Å². The molecule has 0 amide bonds. The average molecular weight is 230 g/mol. The van der Waals surface area contributed by atoms with E-state index in [-0.39, 0.29) is 10.8 Å². The van der Waals surface area contributed by atoms with Gasteiger partial charge in [0.1, 0.15) is 11.6 Å². The molecule has 0 aliphatic rings. The molecule has 1 aromatic rings. The molecule has 0 unspecified atom stereocenters. The fourth-order valence-electron chi connectivity index (χ4n) is 1.35. The van der Waals surface area contributed by atoms with Crippen LogP contribution in [0.5, 0.6) is 5.75 Å². The Labute approximate surface area is 93.2 Å². The summed E-state index contributed by atoms with van der Waals surface area (Å²) in [4.78, 5) is 0. The van der Waals surface area contributed by atoms with Gasteiger partial charge in [-0.2, -0.15) is 0 Å². The average Bonchev–Trinajstić information content (AvgIpc) is 2.09. The summed E-state index contributed by atoms with van der Waals surface area (Å²) in [6, 6.07) is 1.75. The van der Waals surface area contributed by atoms with Crippen LogP contribution in [0, 0.1) is 5.82 Å². The number of aromatic hydroxyl groups is 1. The fraction of sp³-hybridized carbons (Fsp3) is 0.273. The van der Waals surface area contributed by atoms with Crippen molar-refractivity contribution in [3.05, 3.63) is 40.7 Å². The number of benzene rings is 1. The predicted octanol–water partition coefficient (Wildman–Crippen LogP) is 3.15. The summed E-state index contributed by atoms with van der Waals surface area (Å²) in [6.07, 6.45) is 0.480. The van der Waals surface area contributed by atoms with Gasteiger partial charge in [0.15, 0.2) is 0 Å². The Balaban J connectivity index is 3.07. The van der Waals surface area contributed by atoms with Crippen molar-refractivity contribution < 1.29 is 9.50 Å². The zero-order valence-corrected chi connectivity index (χ0v) is 9.18. The predicted molar refractivity (Wildman–Crippen MR) is 59.4 cm³/mol. The van der Waals surface area contributed by atoms with E-state index in [2.05, 4.69) is 6.58 Å². The van der Waals surface area contributed by atoms with Crippen LogP contribution in [0.2, 0.25) is 5.02 Å². The number of nitrogens with two attached hydrogens (primary N) is 1. The van der Waals surface area contributed by atoms with Gasteiger partial charge >= 0.3 is 0 Å². The standard InChI is InChI=1S/C11H13ClFNO/c1-6(2)3-10(14)8-4-7(13)5-9(12)11(8)15/h4-5,10,15H,1,3,14H2,2H3/t10-/m1/s1. The van der Waals surface area contributed by atoms with Gasteiger partial charge in [-0.15, -0.1) is 6.58 Å². The summed E-state index contributed by atoms with van der Waals surface area (Å²) >= 11 is 5.63. The van der Waals surface area contributed by atoms with Crippen LogP contribution in [0.15, 0.2) is 24.3 Å². The van der Waals surface area contributed by atoms with Crippen LogP contribution in [-0.2, 0) is 0 Å². The van der Waals surface area contributed by atoms with E-state index in [9.17, 15) is 9.50 Å². The van der Waals surface area contributed by atoms with Gasteiger partial charge in [-0.05, 0) is 25.5 Å². The molecule has 2 nitrogen and oxygen atoms in total. The van der Waals surface area contributed by atoms with Crippen LogP contribution in [0.3, 0.4) is 0 Å². The zero-order valence-electron chi connectivity index (χ0n) is 8.43. The molecule has 3 N–H and O–H groups in total. The zero-order chi connectivity index (χ0) is 11.6. The van der Waals surface area contributed by atoms with Crippen molar-refractivity contribution in [1.82, 2.24) is 0 Å². The maximum atomic E-state index is 13.0. The summed E-state index contributed by atoms with van der Waals surface area (Å²) in [7, 11) is 0. The minimum atomic E-state index is -0.509. The van der Waals surface area contributed by atoms with E-state index in [0.717, 1.165) is 11.6 Å². The lowest BCUT2D eigenvalue weighted by Crippen LogP contribution is -2.11. The van der Waals surface area contributed by atoms with Gasteiger partial charge in [-0.25, -0.2) is 4.39 Å². The molecule has 4 heteroatoms. The Hall–Kier alpha value is -1.06. The van der Waals surface area contributed by atoms with Crippen LogP contribution in [0.1, 0.15) is 24.9 Å². The lowest BCUT2D eigenvalue weighted by molar-refractivity contribution is 0.458. The highest BCUT2D eigenvalue weighted by Crippen LogP contribution is 2.33. The third kappa shape index (κ3) is 2.94. The Kier molecular flexibility index (Phi) is 3.72. The van der Waals surface area contributed by atoms with Crippen molar-refractivity contribution >= 4 is 11.6 Å². The third-order valence-corrected chi connectivity index (χ3v) is 2.31. The van der Waals surface area contributed by atoms with Gasteiger partial charge in [0.05, 0.1) is 5.02 Å². The van der Waals surface area contributed by atoms with Gasteiger partial charge < -0.3 is 10.8 Å². The summed E-state index contributed by atoms with van der Waals surface area (Å²) in [5.41, 5.74) is 6.96. The SMILES string of the molecule is C=C(C)C[C@@H](N)c1cc(F)cc(Cl)c1O. The molecular formula is C11H13ClFNO. The second kappa shape index (κ2) is 4.64. The third-order valence-electron chi connectivity index (χ3n) is 2.03. The lowest BCUT2D eigenvalue weighted by Gasteiger charge is -2.14. The van der Waals surface area contributed by atoms with E-state index >= 15 is 0 Å². The lowest BCUT2D eigenvalue weighted by atomic mass is 10.0. The van der Waals surface area contributed by atoms with Crippen LogP contribution in [0.4, 0.5) is 4.39 Å². The van der Waals surface area contributed by atoms with E-state index in [1.54, 1.807) is 0 Å². The highest BCUT2D eigenvalue weighted by Gasteiger charge is 2.15. The summed E-state index contributed by atoms with van der Waals surface area (Å²) in [6.45, 7) is 5.52. The monoisotopic (exact) mass is 229 g/mol. The molecule has 0 bridgehead atoms. The number of phenolic OH excluding ortho intramolecular Hbond substituents is 1. The van der Waals surface area contributed by atoms with Gasteiger partial charge in [0, 0.05) is 11.6 Å². The molecule has 0 heterocycles. The van der Waals surface area contributed by atoms with E-state index in [1.165, 1.54) is 6.07 Å². The van der Waals surface area contributed by atoms with Crippen molar-refractivity contribution in [2.75, 3.05) is 0 Å². The van der Waals surface area contributed by atoms with E-state index in [0.29, 0.717) is 12.0 Å². The van der Waals surface area contributed by atoms with Crippen LogP contribution < -0.4 is 5.73 Å². The van der Waals surface area contributed by atoms with E-state index < -0.39 is 11.9 Å². The highest BCUT2D eigenvalue weighted by molar-refractivity contribution is 6.32. The molecule has 0 aliphatic carbocycles. The van der Waals surface area contributed by atoms with Crippen molar-refractivity contribution in [3.63, 3.8) is 0 Å².